The van der Waals surface area contributed by atoms with Crippen LogP contribution < -0.4 is 0 Å². The van der Waals surface area contributed by atoms with Crippen LogP contribution in [0.2, 0.25) is 5.02 Å². The summed E-state index contributed by atoms with van der Waals surface area (Å²) in [7, 11) is 0. The first-order chi connectivity index (χ1) is 9.24. The second-order valence-corrected chi connectivity index (χ2v) is 4.42. The quantitative estimate of drug-likeness (QED) is 0.741. The molecular formula is C12H6ClF5N2. The van der Waals surface area contributed by atoms with Gasteiger partial charge in [0.05, 0.1) is 21.8 Å². The Bertz CT molecular complexity index is 696. The van der Waals surface area contributed by atoms with E-state index in [0.29, 0.717) is 4.57 Å². The van der Waals surface area contributed by atoms with Gasteiger partial charge in [-0.25, -0.2) is 8.78 Å². The van der Waals surface area contributed by atoms with E-state index in [1.165, 1.54) is 12.1 Å². The van der Waals surface area contributed by atoms with Gasteiger partial charge in [-0.3, -0.25) is 0 Å². The van der Waals surface area contributed by atoms with Crippen LogP contribution in [0.3, 0.4) is 0 Å². The van der Waals surface area contributed by atoms with E-state index in [-0.39, 0.29) is 21.5 Å². The van der Waals surface area contributed by atoms with E-state index in [1.54, 1.807) is 6.07 Å². The molecule has 0 fully saturated rings. The van der Waals surface area contributed by atoms with Crippen molar-refractivity contribution in [3.63, 3.8) is 0 Å². The van der Waals surface area contributed by atoms with Gasteiger partial charge in [0.2, 0.25) is 0 Å². The predicted molar refractivity (Wildman–Crippen MR) is 62.7 cm³/mol. The molecule has 0 bridgehead atoms. The lowest BCUT2D eigenvalue weighted by Gasteiger charge is -2.12. The molecule has 1 aromatic heterocycles. The van der Waals surface area contributed by atoms with Crippen molar-refractivity contribution in [3.05, 3.63) is 34.5 Å². The van der Waals surface area contributed by atoms with E-state index in [9.17, 15) is 22.0 Å². The highest BCUT2D eigenvalue weighted by molar-refractivity contribution is 6.36. The topological polar surface area (TPSA) is 28.7 Å². The molecule has 0 unspecified atom stereocenters. The van der Waals surface area contributed by atoms with E-state index in [4.69, 9.17) is 16.9 Å². The standard InChI is InChI=1S/C12H6ClF5N2/c13-10-6(4-19)1-2-8-7(10)3-9(11(14)15)20(8)5-12(16,17)18/h1-3,11H,5H2. The Labute approximate surface area is 115 Å². The first-order valence-corrected chi connectivity index (χ1v) is 5.69. The molecule has 0 aliphatic carbocycles. The van der Waals surface area contributed by atoms with Crippen molar-refractivity contribution in [2.75, 3.05) is 0 Å². The third-order valence-electron chi connectivity index (χ3n) is 2.73. The normalized spacial score (nSPS) is 12.1. The monoisotopic (exact) mass is 308 g/mol. The van der Waals surface area contributed by atoms with Crippen LogP contribution in [-0.2, 0) is 6.54 Å². The summed E-state index contributed by atoms with van der Waals surface area (Å²) in [5.41, 5.74) is -0.847. The van der Waals surface area contributed by atoms with Gasteiger partial charge in [-0.1, -0.05) is 11.6 Å². The van der Waals surface area contributed by atoms with E-state index in [2.05, 4.69) is 0 Å². The molecule has 0 atom stereocenters. The summed E-state index contributed by atoms with van der Waals surface area (Å²) in [6.07, 6.45) is -7.72. The van der Waals surface area contributed by atoms with Crippen LogP contribution in [0.4, 0.5) is 22.0 Å². The molecule has 2 rings (SSSR count). The molecule has 20 heavy (non-hydrogen) atoms. The van der Waals surface area contributed by atoms with Crippen LogP contribution in [0.15, 0.2) is 18.2 Å². The van der Waals surface area contributed by atoms with Crippen LogP contribution in [0.5, 0.6) is 0 Å². The first-order valence-electron chi connectivity index (χ1n) is 5.31. The largest absolute Gasteiger partial charge is 0.406 e. The van der Waals surface area contributed by atoms with Crippen LogP contribution in [0, 0.1) is 11.3 Å². The summed E-state index contributed by atoms with van der Waals surface area (Å²) >= 11 is 5.84. The molecular weight excluding hydrogens is 303 g/mol. The highest BCUT2D eigenvalue weighted by atomic mass is 35.5. The van der Waals surface area contributed by atoms with Gasteiger partial charge in [0, 0.05) is 5.39 Å². The van der Waals surface area contributed by atoms with Gasteiger partial charge in [0.15, 0.2) is 0 Å². The highest BCUT2D eigenvalue weighted by Crippen LogP contribution is 2.35. The number of alkyl halides is 5. The molecule has 106 valence electrons. The van der Waals surface area contributed by atoms with Crippen molar-refractivity contribution < 1.29 is 22.0 Å². The fourth-order valence-corrected chi connectivity index (χ4v) is 2.20. The van der Waals surface area contributed by atoms with E-state index in [1.807, 2.05) is 0 Å². The Morgan fingerprint density at radius 1 is 1.30 bits per heavy atom. The lowest BCUT2D eigenvalue weighted by Crippen LogP contribution is -2.19. The summed E-state index contributed by atoms with van der Waals surface area (Å²) < 4.78 is 63.6. The maximum Gasteiger partial charge on any atom is 0.406 e. The number of halogens is 6. The smallest absolute Gasteiger partial charge is 0.330 e. The summed E-state index contributed by atoms with van der Waals surface area (Å²) in [6.45, 7) is -1.54. The molecule has 0 aliphatic rings. The first kappa shape index (κ1) is 14.6. The molecule has 0 spiro atoms. The van der Waals surface area contributed by atoms with Crippen molar-refractivity contribution in [3.8, 4) is 6.07 Å². The fraction of sp³-hybridized carbons (Fsp3) is 0.250. The van der Waals surface area contributed by atoms with E-state index in [0.717, 1.165) is 6.07 Å². The van der Waals surface area contributed by atoms with Gasteiger partial charge in [-0.05, 0) is 18.2 Å². The van der Waals surface area contributed by atoms with E-state index >= 15 is 0 Å². The second-order valence-electron chi connectivity index (χ2n) is 4.04. The van der Waals surface area contributed by atoms with Gasteiger partial charge in [0.25, 0.3) is 6.43 Å². The zero-order valence-corrected chi connectivity index (χ0v) is 10.4. The molecule has 2 aromatic rings. The van der Waals surface area contributed by atoms with Crippen molar-refractivity contribution in [2.45, 2.75) is 19.1 Å². The van der Waals surface area contributed by atoms with Crippen molar-refractivity contribution in [2.24, 2.45) is 0 Å². The zero-order valence-electron chi connectivity index (χ0n) is 9.68. The minimum atomic E-state index is -4.64. The molecule has 0 aliphatic heterocycles. The molecule has 0 saturated carbocycles. The number of fused-ring (bicyclic) bond motifs is 1. The van der Waals surface area contributed by atoms with Gasteiger partial charge >= 0.3 is 6.18 Å². The Kier molecular flexibility index (Phi) is 3.61. The number of rotatable bonds is 2. The van der Waals surface area contributed by atoms with E-state index < -0.39 is 24.8 Å². The number of benzene rings is 1. The van der Waals surface area contributed by atoms with Gasteiger partial charge in [-0.15, -0.1) is 0 Å². The number of nitrogens with zero attached hydrogens (tertiary/aromatic N) is 2. The number of aromatic nitrogens is 1. The van der Waals surface area contributed by atoms with Crippen molar-refractivity contribution in [1.29, 1.82) is 5.26 Å². The summed E-state index contributed by atoms with van der Waals surface area (Å²) in [4.78, 5) is 0. The molecule has 8 heteroatoms. The van der Waals surface area contributed by atoms with Gasteiger partial charge < -0.3 is 4.57 Å². The maximum absolute atomic E-state index is 12.9. The number of hydrogen-bond acceptors (Lipinski definition) is 1. The molecule has 0 radical (unpaired) electrons. The SMILES string of the molecule is N#Cc1ccc2c(cc(C(F)F)n2CC(F)(F)F)c1Cl. The minimum Gasteiger partial charge on any atom is -0.330 e. The number of hydrogen-bond donors (Lipinski definition) is 0. The van der Waals surface area contributed by atoms with Crippen molar-refractivity contribution in [1.82, 2.24) is 4.57 Å². The van der Waals surface area contributed by atoms with Crippen LogP contribution in [-0.4, -0.2) is 10.7 Å². The molecule has 2 nitrogen and oxygen atoms in total. The Morgan fingerprint density at radius 2 is 1.95 bits per heavy atom. The Morgan fingerprint density at radius 3 is 2.45 bits per heavy atom. The minimum absolute atomic E-state index is 0.00488. The third-order valence-corrected chi connectivity index (χ3v) is 3.14. The average Bonchev–Trinajstić information content (AvgIpc) is 2.67. The zero-order chi connectivity index (χ0) is 15.1. The van der Waals surface area contributed by atoms with Crippen molar-refractivity contribution >= 4 is 22.5 Å². The summed E-state index contributed by atoms with van der Waals surface area (Å²) in [6, 6.07) is 5.01. The lowest BCUT2D eigenvalue weighted by atomic mass is 10.1. The molecule has 0 N–H and O–H groups in total. The van der Waals surface area contributed by atoms with Gasteiger partial charge in [0.1, 0.15) is 12.6 Å². The summed E-state index contributed by atoms with van der Waals surface area (Å²) in [5, 5.41) is 8.65. The Hall–Kier alpha value is -1.81. The van der Waals surface area contributed by atoms with Crippen LogP contribution in [0.25, 0.3) is 10.9 Å². The maximum atomic E-state index is 12.9. The highest BCUT2D eigenvalue weighted by Gasteiger charge is 2.31. The van der Waals surface area contributed by atoms with Crippen LogP contribution >= 0.6 is 11.6 Å². The fourth-order valence-electron chi connectivity index (χ4n) is 1.94. The predicted octanol–water partition coefficient (Wildman–Crippen LogP) is 4.67. The molecule has 1 heterocycles. The molecule has 0 amide bonds. The third kappa shape index (κ3) is 2.56. The van der Waals surface area contributed by atoms with Gasteiger partial charge in [-0.2, -0.15) is 18.4 Å². The molecule has 1 aromatic carbocycles. The molecule has 0 saturated heterocycles. The summed E-state index contributed by atoms with van der Waals surface area (Å²) in [5.74, 6) is 0. The average molecular weight is 309 g/mol. The number of nitriles is 1. The second kappa shape index (κ2) is 4.94. The lowest BCUT2D eigenvalue weighted by molar-refractivity contribution is -0.140. The van der Waals surface area contributed by atoms with Crippen LogP contribution in [0.1, 0.15) is 17.7 Å². The Balaban J connectivity index is 2.74.